The SMILES string of the molecule is COc1cccc(C(=O)Nc2cn[nH]c2)c1. The summed E-state index contributed by atoms with van der Waals surface area (Å²) in [6.07, 6.45) is 3.15. The summed E-state index contributed by atoms with van der Waals surface area (Å²) in [5, 5.41) is 9.06. The third-order valence-electron chi connectivity index (χ3n) is 2.09. The van der Waals surface area contributed by atoms with Crippen molar-refractivity contribution in [3.8, 4) is 5.75 Å². The van der Waals surface area contributed by atoms with Crippen molar-refractivity contribution in [1.82, 2.24) is 10.2 Å². The Kier molecular flexibility index (Phi) is 2.86. The van der Waals surface area contributed by atoms with Crippen LogP contribution in [0.1, 0.15) is 10.4 Å². The molecule has 0 bridgehead atoms. The number of rotatable bonds is 3. The number of anilines is 1. The van der Waals surface area contributed by atoms with Gasteiger partial charge < -0.3 is 10.1 Å². The van der Waals surface area contributed by atoms with Crippen LogP contribution in [-0.4, -0.2) is 23.2 Å². The van der Waals surface area contributed by atoms with Crippen molar-refractivity contribution in [3.63, 3.8) is 0 Å². The zero-order valence-corrected chi connectivity index (χ0v) is 8.73. The van der Waals surface area contributed by atoms with E-state index in [1.54, 1.807) is 37.6 Å². The minimum absolute atomic E-state index is 0.194. The molecule has 1 aromatic carbocycles. The fourth-order valence-corrected chi connectivity index (χ4v) is 1.29. The summed E-state index contributed by atoms with van der Waals surface area (Å²) in [4.78, 5) is 11.8. The van der Waals surface area contributed by atoms with E-state index < -0.39 is 0 Å². The molecule has 0 unspecified atom stereocenters. The summed E-state index contributed by atoms with van der Waals surface area (Å²) in [7, 11) is 1.56. The van der Waals surface area contributed by atoms with E-state index in [0.29, 0.717) is 17.0 Å². The van der Waals surface area contributed by atoms with Crippen molar-refractivity contribution in [3.05, 3.63) is 42.2 Å². The Morgan fingerprint density at radius 2 is 2.38 bits per heavy atom. The second kappa shape index (κ2) is 4.48. The smallest absolute Gasteiger partial charge is 0.255 e. The minimum Gasteiger partial charge on any atom is -0.497 e. The molecule has 1 amide bonds. The highest BCUT2D eigenvalue weighted by atomic mass is 16.5. The number of aromatic nitrogens is 2. The molecule has 0 spiro atoms. The van der Waals surface area contributed by atoms with E-state index in [4.69, 9.17) is 4.74 Å². The van der Waals surface area contributed by atoms with Crippen LogP contribution in [0.2, 0.25) is 0 Å². The number of H-pyrrole nitrogens is 1. The Hall–Kier alpha value is -2.30. The van der Waals surface area contributed by atoms with Gasteiger partial charge in [0.05, 0.1) is 19.0 Å². The van der Waals surface area contributed by atoms with E-state index in [9.17, 15) is 4.79 Å². The van der Waals surface area contributed by atoms with Gasteiger partial charge in [-0.25, -0.2) is 0 Å². The maximum Gasteiger partial charge on any atom is 0.255 e. The molecule has 2 N–H and O–H groups in total. The van der Waals surface area contributed by atoms with Crippen LogP contribution in [0.5, 0.6) is 5.75 Å². The monoisotopic (exact) mass is 217 g/mol. The number of ether oxygens (including phenoxy) is 1. The first-order valence-corrected chi connectivity index (χ1v) is 4.74. The summed E-state index contributed by atoms with van der Waals surface area (Å²) in [5.74, 6) is 0.458. The topological polar surface area (TPSA) is 67.0 Å². The van der Waals surface area contributed by atoms with Crippen LogP contribution in [-0.2, 0) is 0 Å². The van der Waals surface area contributed by atoms with Crippen LogP contribution in [0.4, 0.5) is 5.69 Å². The van der Waals surface area contributed by atoms with E-state index in [-0.39, 0.29) is 5.91 Å². The number of nitrogens with one attached hydrogen (secondary N) is 2. The highest BCUT2D eigenvalue weighted by Gasteiger charge is 2.07. The maximum atomic E-state index is 11.8. The van der Waals surface area contributed by atoms with E-state index in [1.165, 1.54) is 6.20 Å². The van der Waals surface area contributed by atoms with Crippen molar-refractivity contribution >= 4 is 11.6 Å². The van der Waals surface area contributed by atoms with Gasteiger partial charge in [0.25, 0.3) is 5.91 Å². The molecule has 2 aromatic rings. The normalized spacial score (nSPS) is 9.81. The molecule has 0 aliphatic carbocycles. The highest BCUT2D eigenvalue weighted by molar-refractivity contribution is 6.04. The number of carbonyl (C=O) groups is 1. The van der Waals surface area contributed by atoms with Crippen molar-refractivity contribution in [2.45, 2.75) is 0 Å². The zero-order valence-electron chi connectivity index (χ0n) is 8.73. The number of hydrogen-bond donors (Lipinski definition) is 2. The van der Waals surface area contributed by atoms with E-state index in [2.05, 4.69) is 15.5 Å². The van der Waals surface area contributed by atoms with Crippen LogP contribution in [0.25, 0.3) is 0 Å². The van der Waals surface area contributed by atoms with Crippen molar-refractivity contribution in [1.29, 1.82) is 0 Å². The van der Waals surface area contributed by atoms with Gasteiger partial charge in [-0.2, -0.15) is 5.10 Å². The number of hydrogen-bond acceptors (Lipinski definition) is 3. The van der Waals surface area contributed by atoms with Crippen molar-refractivity contribution < 1.29 is 9.53 Å². The first kappa shape index (κ1) is 10.2. The molecule has 0 aliphatic heterocycles. The summed E-state index contributed by atoms with van der Waals surface area (Å²) in [5.41, 5.74) is 1.17. The Morgan fingerprint density at radius 1 is 1.50 bits per heavy atom. The van der Waals surface area contributed by atoms with Gasteiger partial charge in [0, 0.05) is 11.8 Å². The standard InChI is InChI=1S/C11H11N3O2/c1-16-10-4-2-3-8(5-10)11(15)14-9-6-12-13-7-9/h2-7H,1H3,(H,12,13)(H,14,15). The summed E-state index contributed by atoms with van der Waals surface area (Å²) in [6, 6.07) is 6.95. The third-order valence-corrected chi connectivity index (χ3v) is 2.09. The Labute approximate surface area is 92.4 Å². The second-order valence-corrected chi connectivity index (χ2v) is 3.17. The second-order valence-electron chi connectivity index (χ2n) is 3.17. The van der Waals surface area contributed by atoms with Gasteiger partial charge in [0.15, 0.2) is 0 Å². The van der Waals surface area contributed by atoms with Gasteiger partial charge in [-0.05, 0) is 18.2 Å². The first-order chi connectivity index (χ1) is 7.79. The predicted molar refractivity (Wildman–Crippen MR) is 59.5 cm³/mol. The average Bonchev–Trinajstić information content (AvgIpc) is 2.82. The average molecular weight is 217 g/mol. The van der Waals surface area contributed by atoms with Crippen LogP contribution < -0.4 is 10.1 Å². The van der Waals surface area contributed by atoms with Crippen molar-refractivity contribution in [2.75, 3.05) is 12.4 Å². The Balaban J connectivity index is 2.14. The molecule has 0 atom stereocenters. The molecular formula is C11H11N3O2. The van der Waals surface area contributed by atoms with Gasteiger partial charge in [0.2, 0.25) is 0 Å². The van der Waals surface area contributed by atoms with Crippen LogP contribution in [0, 0.1) is 0 Å². The number of methoxy groups -OCH3 is 1. The van der Waals surface area contributed by atoms with Crippen molar-refractivity contribution in [2.24, 2.45) is 0 Å². The van der Waals surface area contributed by atoms with Crippen LogP contribution in [0.3, 0.4) is 0 Å². The number of carbonyl (C=O) groups excluding carboxylic acids is 1. The molecule has 82 valence electrons. The quantitative estimate of drug-likeness (QED) is 0.821. The zero-order chi connectivity index (χ0) is 11.4. The molecule has 1 aromatic heterocycles. The molecule has 5 nitrogen and oxygen atoms in total. The number of amides is 1. The lowest BCUT2D eigenvalue weighted by atomic mass is 10.2. The van der Waals surface area contributed by atoms with Gasteiger partial charge >= 0.3 is 0 Å². The number of aromatic amines is 1. The van der Waals surface area contributed by atoms with Gasteiger partial charge in [-0.15, -0.1) is 0 Å². The third kappa shape index (κ3) is 2.20. The maximum absolute atomic E-state index is 11.8. The molecule has 0 fully saturated rings. The van der Waals surface area contributed by atoms with Gasteiger partial charge in [0.1, 0.15) is 5.75 Å². The molecule has 0 radical (unpaired) electrons. The Bertz CT molecular complexity index is 480. The molecule has 0 aliphatic rings. The number of nitrogens with zero attached hydrogens (tertiary/aromatic N) is 1. The molecule has 0 saturated heterocycles. The molecule has 5 heteroatoms. The minimum atomic E-state index is -0.194. The van der Waals surface area contributed by atoms with Gasteiger partial charge in [-0.1, -0.05) is 6.07 Å². The van der Waals surface area contributed by atoms with Crippen LogP contribution >= 0.6 is 0 Å². The lowest BCUT2D eigenvalue weighted by Crippen LogP contribution is -2.11. The lowest BCUT2D eigenvalue weighted by Gasteiger charge is -2.04. The predicted octanol–water partition coefficient (Wildman–Crippen LogP) is 1.67. The molecule has 16 heavy (non-hydrogen) atoms. The first-order valence-electron chi connectivity index (χ1n) is 4.74. The molecule has 1 heterocycles. The summed E-state index contributed by atoms with van der Waals surface area (Å²) >= 11 is 0. The largest absolute Gasteiger partial charge is 0.497 e. The molecular weight excluding hydrogens is 206 g/mol. The molecule has 2 rings (SSSR count). The van der Waals surface area contributed by atoms with E-state index >= 15 is 0 Å². The van der Waals surface area contributed by atoms with Crippen LogP contribution in [0.15, 0.2) is 36.7 Å². The molecule has 0 saturated carbocycles. The summed E-state index contributed by atoms with van der Waals surface area (Å²) < 4.78 is 5.04. The lowest BCUT2D eigenvalue weighted by molar-refractivity contribution is 0.102. The fourth-order valence-electron chi connectivity index (χ4n) is 1.29. The van der Waals surface area contributed by atoms with E-state index in [0.717, 1.165) is 0 Å². The highest BCUT2D eigenvalue weighted by Crippen LogP contribution is 2.14. The number of benzene rings is 1. The van der Waals surface area contributed by atoms with Gasteiger partial charge in [-0.3, -0.25) is 9.89 Å². The summed E-state index contributed by atoms with van der Waals surface area (Å²) in [6.45, 7) is 0. The van der Waals surface area contributed by atoms with E-state index in [1.807, 2.05) is 0 Å². The fraction of sp³-hybridized carbons (Fsp3) is 0.0909. The Morgan fingerprint density at radius 3 is 3.06 bits per heavy atom.